The number of nitrogens with zero attached hydrogens (tertiary/aromatic N) is 4. The van der Waals surface area contributed by atoms with Gasteiger partial charge >= 0.3 is 0 Å². The first-order valence-electron chi connectivity index (χ1n) is 8.28. The second-order valence-electron chi connectivity index (χ2n) is 6.02. The lowest BCUT2D eigenvalue weighted by atomic mass is 10.2. The molecule has 0 aromatic carbocycles. The molecule has 7 nitrogen and oxygen atoms in total. The van der Waals surface area contributed by atoms with Crippen molar-refractivity contribution in [1.29, 1.82) is 0 Å². The third-order valence-electron chi connectivity index (χ3n) is 3.99. The predicted molar refractivity (Wildman–Crippen MR) is 100 cm³/mol. The Morgan fingerprint density at radius 3 is 2.77 bits per heavy atom. The molecule has 1 fully saturated rings. The molecule has 0 spiro atoms. The maximum absolute atomic E-state index is 11.1. The van der Waals surface area contributed by atoms with Gasteiger partial charge in [0.15, 0.2) is 5.16 Å². The fourth-order valence-electron chi connectivity index (χ4n) is 2.77. The number of carbonyl (C=O) groups is 1. The standard InChI is InChI=1S/C16H19Cl2N5O2S/c17-12-6-10(7-13(18)20-12)9-26-16-22-21-15(4-3-14(19)24)23(16)8-11-2-1-5-25-11/h6-7,11H,1-5,8-9H2,(H2,19,24). The van der Waals surface area contributed by atoms with Gasteiger partial charge in [-0.15, -0.1) is 10.2 Å². The molecule has 0 saturated carbocycles. The first kappa shape index (κ1) is 19.4. The molecule has 2 N–H and O–H groups in total. The molecule has 3 rings (SSSR count). The van der Waals surface area contributed by atoms with E-state index < -0.39 is 0 Å². The van der Waals surface area contributed by atoms with Crippen LogP contribution in [0.25, 0.3) is 0 Å². The quantitative estimate of drug-likeness (QED) is 0.525. The van der Waals surface area contributed by atoms with Crippen LogP contribution in [0, 0.1) is 0 Å². The molecule has 1 aliphatic heterocycles. The fourth-order valence-corrected chi connectivity index (χ4v) is 4.17. The van der Waals surface area contributed by atoms with Gasteiger partial charge in [-0.25, -0.2) is 4.98 Å². The Kier molecular flexibility index (Phi) is 6.74. The number of primary amides is 1. The van der Waals surface area contributed by atoms with Crippen molar-refractivity contribution in [2.75, 3.05) is 6.61 Å². The summed E-state index contributed by atoms with van der Waals surface area (Å²) in [6.45, 7) is 1.45. The Labute approximate surface area is 165 Å². The molecule has 0 aliphatic carbocycles. The highest BCUT2D eigenvalue weighted by atomic mass is 35.5. The molecule has 1 unspecified atom stereocenters. The number of aromatic nitrogens is 4. The summed E-state index contributed by atoms with van der Waals surface area (Å²) in [5, 5.41) is 10.0. The number of amides is 1. The van der Waals surface area contributed by atoms with E-state index in [2.05, 4.69) is 15.2 Å². The summed E-state index contributed by atoms with van der Waals surface area (Å²) >= 11 is 13.4. The van der Waals surface area contributed by atoms with Crippen molar-refractivity contribution in [3.05, 3.63) is 33.8 Å². The molecular formula is C16H19Cl2N5O2S. The van der Waals surface area contributed by atoms with Crippen molar-refractivity contribution >= 4 is 40.9 Å². The van der Waals surface area contributed by atoms with Gasteiger partial charge < -0.3 is 15.0 Å². The van der Waals surface area contributed by atoms with Crippen LogP contribution in [0.4, 0.5) is 0 Å². The molecule has 26 heavy (non-hydrogen) atoms. The monoisotopic (exact) mass is 415 g/mol. The molecular weight excluding hydrogens is 397 g/mol. The highest BCUT2D eigenvalue weighted by Crippen LogP contribution is 2.26. The Balaban J connectivity index is 1.74. The highest BCUT2D eigenvalue weighted by Gasteiger charge is 2.21. The van der Waals surface area contributed by atoms with E-state index in [-0.39, 0.29) is 18.4 Å². The van der Waals surface area contributed by atoms with E-state index in [9.17, 15) is 4.79 Å². The Morgan fingerprint density at radius 1 is 1.35 bits per heavy atom. The summed E-state index contributed by atoms with van der Waals surface area (Å²) in [5.74, 6) is 1.01. The van der Waals surface area contributed by atoms with E-state index in [4.69, 9.17) is 33.7 Å². The summed E-state index contributed by atoms with van der Waals surface area (Å²) in [5.41, 5.74) is 6.22. The zero-order valence-electron chi connectivity index (χ0n) is 14.0. The number of hydrogen-bond acceptors (Lipinski definition) is 6. The molecule has 1 saturated heterocycles. The van der Waals surface area contributed by atoms with Gasteiger partial charge in [-0.2, -0.15) is 0 Å². The number of nitrogens with two attached hydrogens (primary N) is 1. The number of carbonyl (C=O) groups excluding carboxylic acids is 1. The van der Waals surface area contributed by atoms with E-state index in [1.807, 2.05) is 4.57 Å². The topological polar surface area (TPSA) is 95.9 Å². The van der Waals surface area contributed by atoms with Crippen LogP contribution in [0.1, 0.15) is 30.7 Å². The Hall–Kier alpha value is -1.35. The first-order valence-corrected chi connectivity index (χ1v) is 10.0. The smallest absolute Gasteiger partial charge is 0.217 e. The van der Waals surface area contributed by atoms with Crippen molar-refractivity contribution in [3.8, 4) is 0 Å². The minimum absolute atomic E-state index is 0.141. The van der Waals surface area contributed by atoms with Gasteiger partial charge in [0.1, 0.15) is 16.1 Å². The number of ether oxygens (including phenoxy) is 1. The average molecular weight is 416 g/mol. The van der Waals surface area contributed by atoms with E-state index >= 15 is 0 Å². The molecule has 3 heterocycles. The summed E-state index contributed by atoms with van der Waals surface area (Å²) < 4.78 is 7.76. The van der Waals surface area contributed by atoms with Crippen LogP contribution in [0.5, 0.6) is 0 Å². The van der Waals surface area contributed by atoms with Crippen LogP contribution >= 0.6 is 35.0 Å². The van der Waals surface area contributed by atoms with Crippen LogP contribution in [0.2, 0.25) is 10.3 Å². The third kappa shape index (κ3) is 5.33. The highest BCUT2D eigenvalue weighted by molar-refractivity contribution is 7.98. The second kappa shape index (κ2) is 9.03. The van der Waals surface area contributed by atoms with E-state index in [0.29, 0.717) is 29.0 Å². The van der Waals surface area contributed by atoms with Crippen LogP contribution in [-0.2, 0) is 28.2 Å². The molecule has 2 aromatic heterocycles. The Bertz CT molecular complexity index is 760. The van der Waals surface area contributed by atoms with Crippen molar-refractivity contribution in [2.45, 2.75) is 49.2 Å². The molecule has 0 bridgehead atoms. The van der Waals surface area contributed by atoms with Gasteiger partial charge in [-0.1, -0.05) is 35.0 Å². The molecule has 1 aliphatic rings. The SMILES string of the molecule is NC(=O)CCc1nnc(SCc2cc(Cl)nc(Cl)c2)n1CC1CCCO1. The van der Waals surface area contributed by atoms with Crippen molar-refractivity contribution < 1.29 is 9.53 Å². The maximum Gasteiger partial charge on any atom is 0.217 e. The molecule has 2 aromatic rings. The number of halogens is 2. The van der Waals surface area contributed by atoms with Crippen molar-refractivity contribution in [2.24, 2.45) is 5.73 Å². The lowest BCUT2D eigenvalue weighted by molar-refractivity contribution is -0.118. The molecule has 10 heteroatoms. The predicted octanol–water partition coefficient (Wildman–Crippen LogP) is 2.87. The zero-order valence-corrected chi connectivity index (χ0v) is 16.4. The number of thioether (sulfide) groups is 1. The van der Waals surface area contributed by atoms with Crippen LogP contribution in [0.3, 0.4) is 0 Å². The molecule has 140 valence electrons. The molecule has 0 radical (unpaired) electrons. The number of aryl methyl sites for hydroxylation is 1. The van der Waals surface area contributed by atoms with Crippen LogP contribution in [-0.4, -0.2) is 38.4 Å². The Morgan fingerprint density at radius 2 is 2.12 bits per heavy atom. The van der Waals surface area contributed by atoms with E-state index in [1.165, 1.54) is 11.8 Å². The van der Waals surface area contributed by atoms with E-state index in [0.717, 1.165) is 36.0 Å². The molecule has 1 atom stereocenters. The largest absolute Gasteiger partial charge is 0.376 e. The van der Waals surface area contributed by atoms with Crippen molar-refractivity contribution in [3.63, 3.8) is 0 Å². The van der Waals surface area contributed by atoms with Gasteiger partial charge in [0.25, 0.3) is 0 Å². The normalized spacial score (nSPS) is 16.9. The van der Waals surface area contributed by atoms with Gasteiger partial charge in [0.05, 0.1) is 12.6 Å². The lowest BCUT2D eigenvalue weighted by Gasteiger charge is -2.14. The first-order chi connectivity index (χ1) is 12.5. The minimum atomic E-state index is -0.355. The van der Waals surface area contributed by atoms with Gasteiger partial charge in [0, 0.05) is 25.2 Å². The second-order valence-corrected chi connectivity index (χ2v) is 7.74. The number of pyridine rings is 1. The third-order valence-corrected chi connectivity index (χ3v) is 5.41. The van der Waals surface area contributed by atoms with Gasteiger partial charge in [-0.05, 0) is 30.5 Å². The van der Waals surface area contributed by atoms with Gasteiger partial charge in [-0.3, -0.25) is 4.79 Å². The van der Waals surface area contributed by atoms with Crippen LogP contribution in [0.15, 0.2) is 17.3 Å². The summed E-state index contributed by atoms with van der Waals surface area (Å²) in [7, 11) is 0. The van der Waals surface area contributed by atoms with Gasteiger partial charge in [0.2, 0.25) is 5.91 Å². The summed E-state index contributed by atoms with van der Waals surface area (Å²) in [4.78, 5) is 15.1. The fraction of sp³-hybridized carbons (Fsp3) is 0.500. The maximum atomic E-state index is 11.1. The van der Waals surface area contributed by atoms with E-state index in [1.54, 1.807) is 12.1 Å². The lowest BCUT2D eigenvalue weighted by Crippen LogP contribution is -2.19. The van der Waals surface area contributed by atoms with Crippen LogP contribution < -0.4 is 5.73 Å². The minimum Gasteiger partial charge on any atom is -0.376 e. The summed E-state index contributed by atoms with van der Waals surface area (Å²) in [6.07, 6.45) is 2.90. The molecule has 1 amide bonds. The average Bonchev–Trinajstić information content (AvgIpc) is 3.21. The number of rotatable bonds is 8. The zero-order chi connectivity index (χ0) is 18.5. The number of hydrogen-bond donors (Lipinski definition) is 1. The summed E-state index contributed by atoms with van der Waals surface area (Å²) in [6, 6.07) is 3.55. The van der Waals surface area contributed by atoms with Crippen molar-refractivity contribution in [1.82, 2.24) is 19.7 Å².